The largest absolute Gasteiger partial charge is 0.325 e. The number of thioether (sulfide) groups is 2. The molecule has 1 N–H and O–H groups in total. The number of amides is 1. The van der Waals surface area contributed by atoms with Crippen LogP contribution in [0.1, 0.15) is 43.6 Å². The summed E-state index contributed by atoms with van der Waals surface area (Å²) in [7, 11) is 0. The van der Waals surface area contributed by atoms with Crippen molar-refractivity contribution < 1.29 is 9.18 Å². The van der Waals surface area contributed by atoms with Crippen molar-refractivity contribution in [1.29, 1.82) is 0 Å². The molecule has 8 heteroatoms. The third-order valence-electron chi connectivity index (χ3n) is 4.71. The molecule has 0 bridgehead atoms. The van der Waals surface area contributed by atoms with E-state index >= 15 is 0 Å². The normalized spacial score (nSPS) is 11.1. The molecule has 0 fully saturated rings. The van der Waals surface area contributed by atoms with Gasteiger partial charge in [-0.1, -0.05) is 55.9 Å². The topological polar surface area (TPSA) is 59.8 Å². The Morgan fingerprint density at radius 2 is 1.84 bits per heavy atom. The Balaban J connectivity index is 1.54. The number of para-hydroxylation sites is 1. The molecule has 164 valence electrons. The Labute approximate surface area is 191 Å². The Morgan fingerprint density at radius 3 is 2.55 bits per heavy atom. The van der Waals surface area contributed by atoms with Gasteiger partial charge in [-0.05, 0) is 42.2 Å². The first kappa shape index (κ1) is 23.3. The molecule has 0 saturated carbocycles. The van der Waals surface area contributed by atoms with E-state index in [2.05, 4.69) is 29.4 Å². The van der Waals surface area contributed by atoms with Crippen LogP contribution in [0.3, 0.4) is 0 Å². The summed E-state index contributed by atoms with van der Waals surface area (Å²) in [6.45, 7) is 7.00. The van der Waals surface area contributed by atoms with Crippen LogP contribution in [-0.2, 0) is 22.8 Å². The molecule has 3 rings (SSSR count). The number of carbonyl (C=O) groups is 1. The fraction of sp³-hybridized carbons (Fsp3) is 0.348. The van der Waals surface area contributed by atoms with Gasteiger partial charge in [-0.3, -0.25) is 4.79 Å². The Hall–Kier alpha value is -2.32. The van der Waals surface area contributed by atoms with Crippen LogP contribution in [0.5, 0.6) is 0 Å². The highest BCUT2D eigenvalue weighted by atomic mass is 32.2. The van der Waals surface area contributed by atoms with Gasteiger partial charge in [-0.25, -0.2) is 4.39 Å². The van der Waals surface area contributed by atoms with Gasteiger partial charge in [0.05, 0.1) is 11.5 Å². The Kier molecular flexibility index (Phi) is 8.54. The molecule has 0 aliphatic rings. The van der Waals surface area contributed by atoms with E-state index < -0.39 is 0 Å². The van der Waals surface area contributed by atoms with E-state index in [4.69, 9.17) is 0 Å². The molecule has 31 heavy (non-hydrogen) atoms. The maximum absolute atomic E-state index is 13.0. The highest BCUT2D eigenvalue weighted by Gasteiger charge is 2.14. The summed E-state index contributed by atoms with van der Waals surface area (Å²) >= 11 is 3.10. The van der Waals surface area contributed by atoms with Gasteiger partial charge in [-0.2, -0.15) is 0 Å². The molecule has 5 nitrogen and oxygen atoms in total. The molecule has 2 aromatic carbocycles. The Morgan fingerprint density at radius 1 is 1.10 bits per heavy atom. The second kappa shape index (κ2) is 11.3. The summed E-state index contributed by atoms with van der Waals surface area (Å²) in [6.07, 6.45) is 0. The number of anilines is 1. The minimum absolute atomic E-state index is 0.0593. The monoisotopic (exact) mass is 458 g/mol. The number of hydrogen-bond donors (Lipinski definition) is 1. The number of nitrogens with zero attached hydrogens (tertiary/aromatic N) is 3. The van der Waals surface area contributed by atoms with Crippen molar-refractivity contribution in [2.24, 2.45) is 0 Å². The van der Waals surface area contributed by atoms with Crippen LogP contribution < -0.4 is 5.32 Å². The standard InChI is InChI=1S/C23H27FN4OS2/c1-4-28-21(14-30-13-17-9-11-18(24)12-10-17)26-27-23(28)31-15-22(29)25-20-8-6-5-7-19(20)16(2)3/h5-12,16H,4,13-15H2,1-3H3,(H,25,29). The van der Waals surface area contributed by atoms with E-state index in [9.17, 15) is 9.18 Å². The molecule has 1 aromatic heterocycles. The van der Waals surface area contributed by atoms with Gasteiger partial charge in [0.25, 0.3) is 0 Å². The van der Waals surface area contributed by atoms with Crippen LogP contribution in [0.15, 0.2) is 53.7 Å². The minimum atomic E-state index is -0.224. The van der Waals surface area contributed by atoms with Crippen molar-refractivity contribution in [2.45, 2.75) is 49.9 Å². The second-order valence-corrected chi connectivity index (χ2v) is 9.27. The molecule has 0 aliphatic carbocycles. The van der Waals surface area contributed by atoms with Crippen molar-refractivity contribution in [2.75, 3.05) is 11.1 Å². The number of halogens is 1. The maximum Gasteiger partial charge on any atom is 0.234 e. The lowest BCUT2D eigenvalue weighted by Gasteiger charge is -2.13. The molecule has 0 radical (unpaired) electrons. The quantitative estimate of drug-likeness (QED) is 0.394. The molecule has 0 spiro atoms. The van der Waals surface area contributed by atoms with Crippen molar-refractivity contribution in [3.05, 3.63) is 71.3 Å². The van der Waals surface area contributed by atoms with E-state index in [1.807, 2.05) is 35.8 Å². The van der Waals surface area contributed by atoms with Crippen LogP contribution in [-0.4, -0.2) is 26.4 Å². The highest BCUT2D eigenvalue weighted by molar-refractivity contribution is 7.99. The molecule has 0 atom stereocenters. The number of rotatable bonds is 10. The maximum atomic E-state index is 13.0. The van der Waals surface area contributed by atoms with Crippen LogP contribution in [0.25, 0.3) is 0 Å². The molecule has 0 aliphatic heterocycles. The van der Waals surface area contributed by atoms with Gasteiger partial charge in [-0.15, -0.1) is 22.0 Å². The summed E-state index contributed by atoms with van der Waals surface area (Å²) in [5, 5.41) is 12.4. The molecular weight excluding hydrogens is 431 g/mol. The van der Waals surface area contributed by atoms with Crippen LogP contribution in [0, 0.1) is 5.82 Å². The first-order valence-corrected chi connectivity index (χ1v) is 12.4. The van der Waals surface area contributed by atoms with E-state index in [1.54, 1.807) is 23.9 Å². The van der Waals surface area contributed by atoms with E-state index in [0.717, 1.165) is 40.1 Å². The van der Waals surface area contributed by atoms with Gasteiger partial charge in [0, 0.05) is 18.0 Å². The Bertz CT molecular complexity index is 1010. The van der Waals surface area contributed by atoms with Crippen LogP contribution in [0.2, 0.25) is 0 Å². The first-order chi connectivity index (χ1) is 15.0. The zero-order valence-corrected chi connectivity index (χ0v) is 19.6. The lowest BCUT2D eigenvalue weighted by atomic mass is 10.0. The SMILES string of the molecule is CCn1c(CSCc2ccc(F)cc2)nnc1SCC(=O)Nc1ccccc1C(C)C. The van der Waals surface area contributed by atoms with Gasteiger partial charge in [0.1, 0.15) is 11.6 Å². The van der Waals surface area contributed by atoms with Crippen molar-refractivity contribution >= 4 is 35.1 Å². The number of nitrogens with one attached hydrogen (secondary N) is 1. The average Bonchev–Trinajstić information content (AvgIpc) is 3.15. The van der Waals surface area contributed by atoms with Crippen LogP contribution in [0.4, 0.5) is 10.1 Å². The predicted octanol–water partition coefficient (Wildman–Crippen LogP) is 5.72. The zero-order valence-electron chi connectivity index (χ0n) is 18.0. The average molecular weight is 459 g/mol. The summed E-state index contributed by atoms with van der Waals surface area (Å²) in [5.74, 6) is 2.68. The van der Waals surface area contributed by atoms with Crippen molar-refractivity contribution in [3.63, 3.8) is 0 Å². The molecule has 0 unspecified atom stereocenters. The zero-order chi connectivity index (χ0) is 22.2. The summed E-state index contributed by atoms with van der Waals surface area (Å²) in [4.78, 5) is 12.5. The minimum Gasteiger partial charge on any atom is -0.325 e. The third kappa shape index (κ3) is 6.58. The van der Waals surface area contributed by atoms with E-state index in [-0.39, 0.29) is 17.5 Å². The molecule has 3 aromatic rings. The predicted molar refractivity (Wildman–Crippen MR) is 127 cm³/mol. The fourth-order valence-electron chi connectivity index (χ4n) is 3.12. The molecular formula is C23H27FN4OS2. The van der Waals surface area contributed by atoms with Gasteiger partial charge >= 0.3 is 0 Å². The smallest absolute Gasteiger partial charge is 0.234 e. The number of carbonyl (C=O) groups excluding carboxylic acids is 1. The number of aromatic nitrogens is 3. The highest BCUT2D eigenvalue weighted by Crippen LogP contribution is 2.25. The van der Waals surface area contributed by atoms with Gasteiger partial charge in [0.2, 0.25) is 5.91 Å². The van der Waals surface area contributed by atoms with Gasteiger partial charge < -0.3 is 9.88 Å². The van der Waals surface area contributed by atoms with Gasteiger partial charge in [0.15, 0.2) is 5.16 Å². The number of hydrogen-bond acceptors (Lipinski definition) is 5. The molecule has 1 amide bonds. The lowest BCUT2D eigenvalue weighted by molar-refractivity contribution is -0.113. The van der Waals surface area contributed by atoms with Crippen molar-refractivity contribution in [1.82, 2.24) is 14.8 Å². The molecule has 1 heterocycles. The number of benzene rings is 2. The van der Waals surface area contributed by atoms with E-state index in [1.165, 1.54) is 23.9 Å². The second-order valence-electron chi connectivity index (χ2n) is 7.34. The molecule has 0 saturated heterocycles. The first-order valence-electron chi connectivity index (χ1n) is 10.2. The van der Waals surface area contributed by atoms with E-state index in [0.29, 0.717) is 11.7 Å². The lowest BCUT2D eigenvalue weighted by Crippen LogP contribution is -2.16. The third-order valence-corrected chi connectivity index (χ3v) is 6.68. The van der Waals surface area contributed by atoms with Crippen molar-refractivity contribution in [3.8, 4) is 0 Å². The summed E-state index contributed by atoms with van der Waals surface area (Å²) in [5.41, 5.74) is 3.05. The fourth-order valence-corrected chi connectivity index (χ4v) is 4.87. The summed E-state index contributed by atoms with van der Waals surface area (Å²) < 4.78 is 15.1. The van der Waals surface area contributed by atoms with Crippen LogP contribution >= 0.6 is 23.5 Å². The summed E-state index contributed by atoms with van der Waals surface area (Å²) in [6, 6.07) is 14.4.